The van der Waals surface area contributed by atoms with E-state index in [1.54, 1.807) is 41.9 Å². The monoisotopic (exact) mass is 508 g/mol. The molecule has 1 amide bonds. The van der Waals surface area contributed by atoms with Crippen LogP contribution in [0.4, 0.5) is 0 Å². The third-order valence-electron chi connectivity index (χ3n) is 3.76. The number of hydrogen-bond donors (Lipinski definition) is 7. The van der Waals surface area contributed by atoms with Gasteiger partial charge in [0.05, 0.1) is 16.9 Å². The van der Waals surface area contributed by atoms with E-state index in [0.717, 1.165) is 0 Å². The number of nitrogens with zero attached hydrogens (tertiary/aromatic N) is 6. The number of rotatable bonds is 4. The number of hydroxylamine groups is 1. The molecule has 0 saturated carbocycles. The lowest BCUT2D eigenvalue weighted by atomic mass is 10.2. The Hall–Kier alpha value is -4.16. The fourth-order valence-electron chi connectivity index (χ4n) is 2.36. The Morgan fingerprint density at radius 1 is 0.882 bits per heavy atom. The number of H-pyrrole nitrogens is 2. The second-order valence-electron chi connectivity index (χ2n) is 5.68. The zero-order chi connectivity index (χ0) is 24.4. The van der Waals surface area contributed by atoms with Crippen LogP contribution in [0.3, 0.4) is 0 Å². The third-order valence-corrected chi connectivity index (χ3v) is 4.29. The lowest BCUT2D eigenvalue weighted by Crippen LogP contribution is -2.18. The van der Waals surface area contributed by atoms with Crippen LogP contribution < -0.4 is 11.4 Å². The molecule has 0 saturated heterocycles. The first-order chi connectivity index (χ1) is 15.9. The highest BCUT2D eigenvalue weighted by Crippen LogP contribution is 2.10. The summed E-state index contributed by atoms with van der Waals surface area (Å²) >= 11 is 9.80. The summed E-state index contributed by atoms with van der Waals surface area (Å²) in [6.45, 7) is 0. The number of carbonyl (C=O) groups excluding carboxylic acids is 1. The van der Waals surface area contributed by atoms with E-state index in [1.165, 1.54) is 21.5 Å². The van der Waals surface area contributed by atoms with Crippen molar-refractivity contribution in [3.63, 3.8) is 0 Å². The number of benzene rings is 2. The smallest absolute Gasteiger partial charge is 0.335 e. The van der Waals surface area contributed by atoms with Crippen molar-refractivity contribution < 1.29 is 25.1 Å². The third kappa shape index (κ3) is 6.92. The molecule has 0 aliphatic carbocycles. The lowest BCUT2D eigenvalue weighted by Gasteiger charge is -2.03. The first kappa shape index (κ1) is 27.9. The summed E-state index contributed by atoms with van der Waals surface area (Å²) in [5, 5.41) is 43.2. The first-order valence-corrected chi connectivity index (χ1v) is 9.37. The standard InChI is InChI=1S/C8H7N5O2S.C8H6N4O2S.CH4.H3NO/c14-7(10-15)5-2-1-3-6(4-5)13-8(16)9-11-12-13;13-7(14)5-2-1-3-6(4-5)12-8(15)9-10-11-12;;1-2/h1-4,15H,(H,10,14)(H,9,12,16);1-4H,(H,13,14)(H,9,11,15);1H4;2H,1H2. The van der Waals surface area contributed by atoms with Crippen LogP contribution in [0.25, 0.3) is 11.4 Å². The van der Waals surface area contributed by atoms with E-state index in [0.29, 0.717) is 16.9 Å². The molecule has 0 aliphatic heterocycles. The second-order valence-corrected chi connectivity index (χ2v) is 6.41. The second kappa shape index (κ2) is 13.4. The maximum absolute atomic E-state index is 11.2. The number of hydrogen-bond acceptors (Lipinski definition) is 11. The highest BCUT2D eigenvalue weighted by atomic mass is 32.1. The van der Waals surface area contributed by atoms with Gasteiger partial charge in [0.1, 0.15) is 0 Å². The maximum Gasteiger partial charge on any atom is 0.335 e. The van der Waals surface area contributed by atoms with E-state index < -0.39 is 11.9 Å². The van der Waals surface area contributed by atoms with Gasteiger partial charge in [0.15, 0.2) is 0 Å². The summed E-state index contributed by atoms with van der Waals surface area (Å²) in [7, 11) is 0. The van der Waals surface area contributed by atoms with Crippen LogP contribution in [0.2, 0.25) is 0 Å². The average Bonchev–Trinajstić information content (AvgIpc) is 3.48. The summed E-state index contributed by atoms with van der Waals surface area (Å²) in [6, 6.07) is 12.8. The van der Waals surface area contributed by atoms with Crippen LogP contribution in [-0.4, -0.2) is 67.8 Å². The highest BCUT2D eigenvalue weighted by Gasteiger charge is 2.07. The van der Waals surface area contributed by atoms with Crippen molar-refractivity contribution in [3.8, 4) is 11.4 Å². The molecule has 17 heteroatoms. The molecule has 0 bridgehead atoms. The van der Waals surface area contributed by atoms with Gasteiger partial charge in [-0.05, 0) is 60.8 Å². The number of carboxylic acid groups (broad SMARTS) is 1. The topological polar surface area (TPSA) is 226 Å². The van der Waals surface area contributed by atoms with E-state index >= 15 is 0 Å². The van der Waals surface area contributed by atoms with Crippen molar-refractivity contribution in [2.75, 3.05) is 0 Å². The van der Waals surface area contributed by atoms with Gasteiger partial charge in [-0.2, -0.15) is 10.4 Å². The molecular formula is C17H20N10O5S2. The minimum absolute atomic E-state index is 0. The summed E-state index contributed by atoms with van der Waals surface area (Å²) in [5.41, 5.74) is 3.23. The molecule has 2 heterocycles. The molecule has 8 N–H and O–H groups in total. The molecule has 0 aliphatic rings. The number of carbonyl (C=O) groups is 2. The van der Waals surface area contributed by atoms with E-state index in [4.69, 9.17) is 40.0 Å². The number of aromatic amines is 2. The van der Waals surface area contributed by atoms with Crippen LogP contribution in [0.15, 0.2) is 48.5 Å². The molecule has 0 spiro atoms. The summed E-state index contributed by atoms with van der Waals surface area (Å²) in [6.07, 6.45) is 0. The summed E-state index contributed by atoms with van der Waals surface area (Å²) < 4.78 is 3.35. The SMILES string of the molecule is C.NO.O=C(NO)c1cccc(-n2[nH]nnc2=S)c1.O=C(O)c1cccc(-n2[nH]nnc2=S)c1. The number of amides is 1. The van der Waals surface area contributed by atoms with Crippen LogP contribution in [-0.2, 0) is 0 Å². The number of aromatic nitrogens is 8. The predicted molar refractivity (Wildman–Crippen MR) is 122 cm³/mol. The molecule has 15 nitrogen and oxygen atoms in total. The summed E-state index contributed by atoms with van der Waals surface area (Å²) in [5.74, 6) is 1.91. The molecular weight excluding hydrogens is 488 g/mol. The Morgan fingerprint density at radius 2 is 1.32 bits per heavy atom. The Kier molecular flexibility index (Phi) is 11.0. The van der Waals surface area contributed by atoms with Crippen LogP contribution in [0, 0.1) is 9.54 Å². The highest BCUT2D eigenvalue weighted by molar-refractivity contribution is 7.71. The molecule has 2 aromatic heterocycles. The molecule has 0 fully saturated rings. The zero-order valence-corrected chi connectivity index (χ0v) is 18.0. The molecule has 4 rings (SSSR count). The van der Waals surface area contributed by atoms with Gasteiger partial charge in [0.25, 0.3) is 5.91 Å². The van der Waals surface area contributed by atoms with Crippen molar-refractivity contribution in [1.29, 1.82) is 0 Å². The van der Waals surface area contributed by atoms with Gasteiger partial charge in [-0.1, -0.05) is 40.2 Å². The van der Waals surface area contributed by atoms with E-state index in [9.17, 15) is 9.59 Å². The Balaban J connectivity index is 0.000000309. The number of nitrogens with two attached hydrogens (primary N) is 1. The van der Waals surface area contributed by atoms with Gasteiger partial charge in [-0.25, -0.2) is 25.5 Å². The fraction of sp³-hybridized carbons (Fsp3) is 0.0588. The van der Waals surface area contributed by atoms with Crippen LogP contribution in [0.1, 0.15) is 28.1 Å². The quantitative estimate of drug-likeness (QED) is 0.118. The van der Waals surface area contributed by atoms with Gasteiger partial charge in [-0.3, -0.25) is 10.0 Å². The van der Waals surface area contributed by atoms with Gasteiger partial charge in [-0.15, -0.1) is 0 Å². The van der Waals surface area contributed by atoms with Crippen molar-refractivity contribution in [2.24, 2.45) is 5.90 Å². The Bertz CT molecular complexity index is 1350. The average molecular weight is 509 g/mol. The number of tetrazole rings is 2. The number of nitrogens with one attached hydrogen (secondary N) is 3. The Morgan fingerprint density at radius 3 is 1.71 bits per heavy atom. The van der Waals surface area contributed by atoms with E-state index in [1.807, 2.05) is 0 Å². The van der Waals surface area contributed by atoms with Crippen LogP contribution >= 0.6 is 24.4 Å². The number of carboxylic acids is 1. The largest absolute Gasteiger partial charge is 0.478 e. The van der Waals surface area contributed by atoms with Gasteiger partial charge in [0, 0.05) is 5.56 Å². The van der Waals surface area contributed by atoms with Gasteiger partial charge < -0.3 is 10.3 Å². The molecule has 0 unspecified atom stereocenters. The maximum atomic E-state index is 11.2. The van der Waals surface area contributed by atoms with E-state index in [2.05, 4.69) is 36.9 Å². The van der Waals surface area contributed by atoms with Crippen molar-refractivity contribution >= 4 is 36.3 Å². The molecule has 34 heavy (non-hydrogen) atoms. The van der Waals surface area contributed by atoms with Crippen LogP contribution in [0.5, 0.6) is 0 Å². The summed E-state index contributed by atoms with van der Waals surface area (Å²) in [4.78, 5) is 21.9. The lowest BCUT2D eigenvalue weighted by molar-refractivity contribution is 0.0693. The predicted octanol–water partition coefficient (Wildman–Crippen LogP) is 1.44. The minimum Gasteiger partial charge on any atom is -0.478 e. The van der Waals surface area contributed by atoms with E-state index in [-0.39, 0.29) is 22.5 Å². The van der Waals surface area contributed by atoms with Crippen molar-refractivity contribution in [3.05, 3.63) is 69.2 Å². The number of aromatic carboxylic acids is 1. The molecule has 4 aromatic rings. The zero-order valence-electron chi connectivity index (χ0n) is 16.4. The fourth-order valence-corrected chi connectivity index (χ4v) is 2.73. The van der Waals surface area contributed by atoms with Crippen molar-refractivity contribution in [2.45, 2.75) is 7.43 Å². The van der Waals surface area contributed by atoms with Gasteiger partial charge >= 0.3 is 5.97 Å². The van der Waals surface area contributed by atoms with Crippen molar-refractivity contribution in [1.82, 2.24) is 45.9 Å². The normalized spacial score (nSPS) is 9.38. The molecule has 2 aromatic carbocycles. The first-order valence-electron chi connectivity index (χ1n) is 8.55. The molecule has 0 radical (unpaired) electrons. The molecule has 180 valence electrons. The minimum atomic E-state index is -0.990. The van der Waals surface area contributed by atoms with Gasteiger partial charge in [0.2, 0.25) is 9.54 Å². The Labute approximate surface area is 201 Å². The molecule has 0 atom stereocenters.